The smallest absolute Gasteiger partial charge is 0.744 e. The molecule has 0 fully saturated rings. The van der Waals surface area contributed by atoms with E-state index in [-0.39, 0.29) is 34.5 Å². The summed E-state index contributed by atoms with van der Waals surface area (Å²) in [5.74, 6) is 0. The van der Waals surface area contributed by atoms with E-state index in [1.807, 2.05) is 13.8 Å². The zero-order chi connectivity index (χ0) is 15.9. The van der Waals surface area contributed by atoms with Crippen LogP contribution in [-0.4, -0.2) is 13.0 Å². The molecule has 5 heteroatoms. The van der Waals surface area contributed by atoms with Crippen molar-refractivity contribution in [3.8, 4) is 0 Å². The Morgan fingerprint density at radius 2 is 1.50 bits per heavy atom. The molecule has 0 aliphatic heterocycles. The molecule has 0 spiro atoms. The van der Waals surface area contributed by atoms with Crippen LogP contribution in [-0.2, 0) is 16.5 Å². The predicted molar refractivity (Wildman–Crippen MR) is 85.6 cm³/mol. The van der Waals surface area contributed by atoms with Gasteiger partial charge in [0.2, 0.25) is 0 Å². The van der Waals surface area contributed by atoms with Gasteiger partial charge in [0.05, 0.1) is 4.90 Å². The molecule has 0 atom stereocenters. The maximum absolute atomic E-state index is 11.4. The fourth-order valence-electron chi connectivity index (χ4n) is 2.65. The molecule has 1 aromatic rings. The molecule has 22 heavy (non-hydrogen) atoms. The summed E-state index contributed by atoms with van der Waals surface area (Å²) in [5.41, 5.74) is 2.71. The third-order valence-electron chi connectivity index (χ3n) is 4.13. The molecule has 3 nitrogen and oxygen atoms in total. The first kappa shape index (κ1) is 22.1. The molecule has 0 aliphatic rings. The topological polar surface area (TPSA) is 57.2 Å². The Kier molecular flexibility index (Phi) is 10.9. The third kappa shape index (κ3) is 7.14. The van der Waals surface area contributed by atoms with Crippen LogP contribution in [0.3, 0.4) is 0 Å². The van der Waals surface area contributed by atoms with Crippen LogP contribution in [0.5, 0.6) is 0 Å². The number of rotatable bonds is 9. The van der Waals surface area contributed by atoms with Gasteiger partial charge in [0, 0.05) is 0 Å². The predicted octanol–water partition coefficient (Wildman–Crippen LogP) is 1.50. The summed E-state index contributed by atoms with van der Waals surface area (Å²) in [6.07, 6.45) is 8.95. The Morgan fingerprint density at radius 1 is 0.955 bits per heavy atom. The largest absolute Gasteiger partial charge is 1.00 e. The molecule has 0 saturated carbocycles. The van der Waals surface area contributed by atoms with Crippen molar-refractivity contribution in [1.82, 2.24) is 0 Å². The molecule has 0 radical (unpaired) electrons. The quantitative estimate of drug-likeness (QED) is 0.391. The Morgan fingerprint density at radius 3 is 2.05 bits per heavy atom. The van der Waals surface area contributed by atoms with Gasteiger partial charge in [-0.25, -0.2) is 8.42 Å². The van der Waals surface area contributed by atoms with E-state index in [4.69, 9.17) is 0 Å². The van der Waals surface area contributed by atoms with Gasteiger partial charge < -0.3 is 4.55 Å². The Hall–Kier alpha value is 0.130. The average molecular weight is 334 g/mol. The SMILES string of the molecule is CCCCCCCCCc1c(S(=O)(=O)[O-])ccc(C)c1C.[Na+]. The molecular formula is C17H27NaO3S. The van der Waals surface area contributed by atoms with E-state index < -0.39 is 10.1 Å². The van der Waals surface area contributed by atoms with E-state index >= 15 is 0 Å². The standard InChI is InChI=1S/C17H28O3S.Na/c1-4-5-6-7-8-9-10-11-16-15(3)14(2)12-13-17(16)21(18,19)20;/h12-13H,4-11H2,1-3H3,(H,18,19,20);/q;+1/p-1. The molecule has 0 heterocycles. The first-order valence-electron chi connectivity index (χ1n) is 7.93. The van der Waals surface area contributed by atoms with E-state index in [1.54, 1.807) is 6.07 Å². The second-order valence-electron chi connectivity index (χ2n) is 5.81. The Balaban J connectivity index is 0.00000441. The molecule has 1 rings (SSSR count). The molecular weight excluding hydrogens is 307 g/mol. The van der Waals surface area contributed by atoms with Crippen molar-refractivity contribution in [1.29, 1.82) is 0 Å². The summed E-state index contributed by atoms with van der Waals surface area (Å²) in [6, 6.07) is 3.18. The van der Waals surface area contributed by atoms with E-state index in [2.05, 4.69) is 6.92 Å². The fourth-order valence-corrected chi connectivity index (χ4v) is 3.44. The maximum Gasteiger partial charge on any atom is 1.00 e. The number of aryl methyl sites for hydroxylation is 1. The van der Waals surface area contributed by atoms with Crippen molar-refractivity contribution in [2.45, 2.75) is 77.0 Å². The molecule has 0 aromatic heterocycles. The van der Waals surface area contributed by atoms with E-state index in [9.17, 15) is 13.0 Å². The van der Waals surface area contributed by atoms with Gasteiger partial charge in [0.15, 0.2) is 0 Å². The van der Waals surface area contributed by atoms with Gasteiger partial charge in [0.1, 0.15) is 10.1 Å². The maximum atomic E-state index is 11.4. The number of unbranched alkanes of at least 4 members (excludes halogenated alkanes) is 6. The van der Waals surface area contributed by atoms with Crippen LogP contribution in [0.1, 0.15) is 68.6 Å². The molecule has 0 bridgehead atoms. The minimum Gasteiger partial charge on any atom is -0.744 e. The second-order valence-corrected chi connectivity index (χ2v) is 7.16. The summed E-state index contributed by atoms with van der Waals surface area (Å²) < 4.78 is 34.1. The van der Waals surface area contributed by atoms with E-state index in [1.165, 1.54) is 38.2 Å². The van der Waals surface area contributed by atoms with Crippen molar-refractivity contribution in [2.24, 2.45) is 0 Å². The molecule has 120 valence electrons. The van der Waals surface area contributed by atoms with Crippen LogP contribution in [0.4, 0.5) is 0 Å². The van der Waals surface area contributed by atoms with Gasteiger partial charge in [-0.1, -0.05) is 51.5 Å². The van der Waals surface area contributed by atoms with E-state index in [0.29, 0.717) is 6.42 Å². The fraction of sp³-hybridized carbons (Fsp3) is 0.647. The summed E-state index contributed by atoms with van der Waals surface area (Å²) in [4.78, 5) is -0.0309. The van der Waals surface area contributed by atoms with E-state index in [0.717, 1.165) is 29.5 Å². The molecule has 0 N–H and O–H groups in total. The monoisotopic (exact) mass is 334 g/mol. The molecule has 0 saturated heterocycles. The second kappa shape index (κ2) is 10.8. The minimum absolute atomic E-state index is 0. The van der Waals surface area contributed by atoms with Gasteiger partial charge >= 0.3 is 29.6 Å². The van der Waals surface area contributed by atoms with Gasteiger partial charge in [-0.05, 0) is 49.4 Å². The van der Waals surface area contributed by atoms with Crippen molar-refractivity contribution < 1.29 is 42.5 Å². The molecule has 0 aliphatic carbocycles. The summed E-state index contributed by atoms with van der Waals surface area (Å²) in [5, 5.41) is 0. The molecule has 0 amide bonds. The van der Waals surface area contributed by atoms with Crippen LogP contribution in [0.25, 0.3) is 0 Å². The summed E-state index contributed by atoms with van der Waals surface area (Å²) in [7, 11) is -4.38. The average Bonchev–Trinajstić information content (AvgIpc) is 2.41. The van der Waals surface area contributed by atoms with Crippen LogP contribution < -0.4 is 29.6 Å². The van der Waals surface area contributed by atoms with Crippen molar-refractivity contribution >= 4 is 10.1 Å². The van der Waals surface area contributed by atoms with Gasteiger partial charge in [-0.2, -0.15) is 0 Å². The Labute approximate surface area is 157 Å². The normalized spacial score (nSPS) is 11.3. The molecule has 1 aromatic carbocycles. The first-order valence-corrected chi connectivity index (χ1v) is 9.33. The van der Waals surface area contributed by atoms with Crippen LogP contribution in [0.2, 0.25) is 0 Å². The Bertz CT molecular complexity index is 553. The number of benzene rings is 1. The summed E-state index contributed by atoms with van der Waals surface area (Å²) >= 11 is 0. The minimum atomic E-state index is -4.38. The van der Waals surface area contributed by atoms with Gasteiger partial charge in [-0.15, -0.1) is 0 Å². The first-order chi connectivity index (χ1) is 9.88. The molecule has 0 unspecified atom stereocenters. The van der Waals surface area contributed by atoms with Gasteiger partial charge in [-0.3, -0.25) is 0 Å². The van der Waals surface area contributed by atoms with Crippen molar-refractivity contribution in [2.75, 3.05) is 0 Å². The zero-order valence-electron chi connectivity index (χ0n) is 14.4. The number of hydrogen-bond acceptors (Lipinski definition) is 3. The van der Waals surface area contributed by atoms with Crippen LogP contribution >= 0.6 is 0 Å². The number of hydrogen-bond donors (Lipinski definition) is 0. The van der Waals surface area contributed by atoms with Crippen molar-refractivity contribution in [3.05, 3.63) is 28.8 Å². The summed E-state index contributed by atoms with van der Waals surface area (Å²) in [6.45, 7) is 6.05. The third-order valence-corrected chi connectivity index (χ3v) is 5.05. The van der Waals surface area contributed by atoms with Crippen LogP contribution in [0.15, 0.2) is 17.0 Å². The van der Waals surface area contributed by atoms with Gasteiger partial charge in [0.25, 0.3) is 0 Å². The van der Waals surface area contributed by atoms with Crippen LogP contribution in [0, 0.1) is 13.8 Å². The zero-order valence-corrected chi connectivity index (χ0v) is 17.3. The van der Waals surface area contributed by atoms with Crippen molar-refractivity contribution in [3.63, 3.8) is 0 Å².